The third-order valence-electron chi connectivity index (χ3n) is 4.03. The van der Waals surface area contributed by atoms with Crippen molar-refractivity contribution in [1.29, 1.82) is 0 Å². The van der Waals surface area contributed by atoms with Crippen molar-refractivity contribution in [3.05, 3.63) is 78.1 Å². The van der Waals surface area contributed by atoms with Crippen LogP contribution in [0.2, 0.25) is 0 Å². The van der Waals surface area contributed by atoms with Gasteiger partial charge in [-0.05, 0) is 60.5 Å². The summed E-state index contributed by atoms with van der Waals surface area (Å²) >= 11 is 1.65. The van der Waals surface area contributed by atoms with Crippen LogP contribution in [-0.2, 0) is 20.6 Å². The number of pyridine rings is 1. The molecular formula is C21H21N3O3S2. The van der Waals surface area contributed by atoms with Crippen LogP contribution in [0.4, 0.5) is 11.4 Å². The highest BCUT2D eigenvalue weighted by Gasteiger charge is 2.18. The molecule has 2 aromatic carbocycles. The van der Waals surface area contributed by atoms with Crippen LogP contribution in [0, 0.1) is 6.92 Å². The van der Waals surface area contributed by atoms with Crippen LogP contribution in [-0.4, -0.2) is 19.3 Å². The molecule has 0 saturated carbocycles. The highest BCUT2D eigenvalue weighted by molar-refractivity contribution is 7.98. The van der Waals surface area contributed by atoms with Gasteiger partial charge in [0.2, 0.25) is 5.91 Å². The Balaban J connectivity index is 1.71. The molecule has 0 unspecified atom stereocenters. The number of aromatic nitrogens is 1. The van der Waals surface area contributed by atoms with Crippen molar-refractivity contribution < 1.29 is 13.2 Å². The lowest BCUT2D eigenvalue weighted by molar-refractivity contribution is -0.114. The summed E-state index contributed by atoms with van der Waals surface area (Å²) in [7, 11) is -3.79. The number of rotatable bonds is 7. The molecule has 150 valence electrons. The SMILES string of the molecule is CC(=O)Nc1ccc(C)c(S(=O)(=O)Nc2ccc(SCc3cccnc3)cc2)c1. The van der Waals surface area contributed by atoms with Crippen LogP contribution in [0.25, 0.3) is 0 Å². The van der Waals surface area contributed by atoms with Crippen molar-refractivity contribution >= 4 is 39.1 Å². The first kappa shape index (κ1) is 20.9. The van der Waals surface area contributed by atoms with Gasteiger partial charge in [-0.25, -0.2) is 8.42 Å². The Morgan fingerprint density at radius 3 is 2.45 bits per heavy atom. The van der Waals surface area contributed by atoms with Crippen molar-refractivity contribution in [3.8, 4) is 0 Å². The maximum absolute atomic E-state index is 12.8. The quantitative estimate of drug-likeness (QED) is 0.544. The second-order valence-corrected chi connectivity index (χ2v) is 9.14. The van der Waals surface area contributed by atoms with Gasteiger partial charge in [-0.1, -0.05) is 12.1 Å². The molecular weight excluding hydrogens is 406 g/mol. The second kappa shape index (κ2) is 9.11. The van der Waals surface area contributed by atoms with Crippen LogP contribution < -0.4 is 10.0 Å². The number of benzene rings is 2. The zero-order valence-electron chi connectivity index (χ0n) is 16.0. The van der Waals surface area contributed by atoms with Gasteiger partial charge in [0.05, 0.1) is 4.90 Å². The van der Waals surface area contributed by atoms with E-state index in [1.165, 1.54) is 13.0 Å². The first-order valence-electron chi connectivity index (χ1n) is 8.86. The number of hydrogen-bond donors (Lipinski definition) is 2. The standard InChI is InChI=1S/C21H21N3O3S2/c1-15-5-6-19(23-16(2)25)12-21(15)29(26,27)24-18-7-9-20(10-8-18)28-14-17-4-3-11-22-13-17/h3-13,24H,14H2,1-2H3,(H,23,25). The predicted molar refractivity (Wildman–Crippen MR) is 117 cm³/mol. The molecule has 1 amide bonds. The van der Waals surface area contributed by atoms with Gasteiger partial charge < -0.3 is 5.32 Å². The molecule has 0 aliphatic carbocycles. The van der Waals surface area contributed by atoms with E-state index >= 15 is 0 Å². The molecule has 0 aliphatic heterocycles. The van der Waals surface area contributed by atoms with Crippen molar-refractivity contribution in [3.63, 3.8) is 0 Å². The van der Waals surface area contributed by atoms with Gasteiger partial charge in [-0.15, -0.1) is 11.8 Å². The summed E-state index contributed by atoms with van der Waals surface area (Å²) in [5.41, 5.74) is 2.62. The van der Waals surface area contributed by atoms with Gasteiger partial charge in [0.1, 0.15) is 0 Å². The first-order valence-corrected chi connectivity index (χ1v) is 11.3. The van der Waals surface area contributed by atoms with E-state index in [0.717, 1.165) is 16.2 Å². The fourth-order valence-electron chi connectivity index (χ4n) is 2.65. The van der Waals surface area contributed by atoms with Crippen LogP contribution in [0.1, 0.15) is 18.1 Å². The fourth-order valence-corrected chi connectivity index (χ4v) is 4.81. The summed E-state index contributed by atoms with van der Waals surface area (Å²) in [5, 5.41) is 2.60. The third kappa shape index (κ3) is 5.82. The highest BCUT2D eigenvalue weighted by atomic mass is 32.2. The number of sulfonamides is 1. The molecule has 0 aliphatic rings. The first-order chi connectivity index (χ1) is 13.8. The van der Waals surface area contributed by atoms with Gasteiger partial charge in [0.15, 0.2) is 0 Å². The van der Waals surface area contributed by atoms with Crippen molar-refractivity contribution in [2.45, 2.75) is 29.4 Å². The lowest BCUT2D eigenvalue weighted by Gasteiger charge is -2.12. The normalized spacial score (nSPS) is 11.1. The van der Waals surface area contributed by atoms with E-state index in [0.29, 0.717) is 16.9 Å². The van der Waals surface area contributed by atoms with Crippen molar-refractivity contribution in [2.24, 2.45) is 0 Å². The number of anilines is 2. The molecule has 0 spiro atoms. The smallest absolute Gasteiger partial charge is 0.262 e. The summed E-state index contributed by atoms with van der Waals surface area (Å²) in [6.45, 7) is 3.09. The van der Waals surface area contributed by atoms with Gasteiger partial charge in [0, 0.05) is 41.3 Å². The van der Waals surface area contributed by atoms with E-state index in [1.807, 2.05) is 30.5 Å². The van der Waals surface area contributed by atoms with E-state index in [-0.39, 0.29) is 10.8 Å². The average molecular weight is 428 g/mol. The molecule has 0 bridgehead atoms. The molecule has 29 heavy (non-hydrogen) atoms. The van der Waals surface area contributed by atoms with Crippen LogP contribution in [0.3, 0.4) is 0 Å². The van der Waals surface area contributed by atoms with Crippen LogP contribution >= 0.6 is 11.8 Å². The highest BCUT2D eigenvalue weighted by Crippen LogP contribution is 2.26. The number of thioether (sulfide) groups is 1. The largest absolute Gasteiger partial charge is 0.326 e. The Morgan fingerprint density at radius 1 is 1.07 bits per heavy atom. The number of nitrogens with one attached hydrogen (secondary N) is 2. The average Bonchev–Trinajstić information content (AvgIpc) is 2.69. The van der Waals surface area contributed by atoms with E-state index in [4.69, 9.17) is 0 Å². The van der Waals surface area contributed by atoms with E-state index in [9.17, 15) is 13.2 Å². The van der Waals surface area contributed by atoms with E-state index in [1.54, 1.807) is 49.1 Å². The Bertz CT molecular complexity index is 1100. The summed E-state index contributed by atoms with van der Waals surface area (Å²) < 4.78 is 28.2. The van der Waals surface area contributed by atoms with Crippen molar-refractivity contribution in [1.82, 2.24) is 4.98 Å². The molecule has 0 fully saturated rings. The lowest BCUT2D eigenvalue weighted by atomic mass is 10.2. The number of hydrogen-bond acceptors (Lipinski definition) is 5. The minimum absolute atomic E-state index is 0.124. The maximum Gasteiger partial charge on any atom is 0.262 e. The predicted octanol–water partition coefficient (Wildman–Crippen LogP) is 4.44. The minimum Gasteiger partial charge on any atom is -0.326 e. The fraction of sp³-hybridized carbons (Fsp3) is 0.143. The monoisotopic (exact) mass is 427 g/mol. The number of nitrogens with zero attached hydrogens (tertiary/aromatic N) is 1. The number of amides is 1. The van der Waals surface area contributed by atoms with Gasteiger partial charge >= 0.3 is 0 Å². The molecule has 1 aromatic heterocycles. The zero-order valence-corrected chi connectivity index (χ0v) is 17.7. The third-order valence-corrected chi connectivity index (χ3v) is 6.64. The Kier molecular flexibility index (Phi) is 6.56. The molecule has 2 N–H and O–H groups in total. The Labute approximate surface area is 174 Å². The number of carbonyl (C=O) groups is 1. The molecule has 0 atom stereocenters. The molecule has 1 heterocycles. The van der Waals surface area contributed by atoms with Gasteiger partial charge in [-0.2, -0.15) is 0 Å². The zero-order chi connectivity index (χ0) is 20.9. The Morgan fingerprint density at radius 2 is 1.79 bits per heavy atom. The molecule has 3 rings (SSSR count). The summed E-state index contributed by atoms with van der Waals surface area (Å²) in [6, 6.07) is 15.9. The molecule has 0 radical (unpaired) electrons. The summed E-state index contributed by atoms with van der Waals surface area (Å²) in [6.07, 6.45) is 3.57. The minimum atomic E-state index is -3.79. The molecule has 3 aromatic rings. The lowest BCUT2D eigenvalue weighted by Crippen LogP contribution is -2.15. The summed E-state index contributed by atoms with van der Waals surface area (Å²) in [5.74, 6) is 0.526. The van der Waals surface area contributed by atoms with Gasteiger partial charge in [0.25, 0.3) is 10.0 Å². The molecule has 6 nitrogen and oxygen atoms in total. The second-order valence-electron chi connectivity index (χ2n) is 6.44. The maximum atomic E-state index is 12.8. The number of aryl methyl sites for hydroxylation is 1. The van der Waals surface area contributed by atoms with Crippen molar-refractivity contribution in [2.75, 3.05) is 10.0 Å². The van der Waals surface area contributed by atoms with E-state index < -0.39 is 10.0 Å². The Hall–Kier alpha value is -2.84. The van der Waals surface area contributed by atoms with Crippen LogP contribution in [0.15, 0.2) is 76.8 Å². The van der Waals surface area contributed by atoms with Gasteiger partial charge in [-0.3, -0.25) is 14.5 Å². The summed E-state index contributed by atoms with van der Waals surface area (Å²) in [4.78, 5) is 16.5. The topological polar surface area (TPSA) is 88.2 Å². The number of carbonyl (C=O) groups excluding carboxylic acids is 1. The van der Waals surface area contributed by atoms with Crippen LogP contribution in [0.5, 0.6) is 0 Å². The molecule has 8 heteroatoms. The van der Waals surface area contributed by atoms with E-state index in [2.05, 4.69) is 15.0 Å². The molecule has 0 saturated heterocycles.